The third kappa shape index (κ3) is 4.42. The molecule has 0 aromatic heterocycles. The number of fused-ring (bicyclic) bond motifs is 1. The fourth-order valence-corrected chi connectivity index (χ4v) is 3.45. The van der Waals surface area contributed by atoms with Gasteiger partial charge in [-0.3, -0.25) is 0 Å². The van der Waals surface area contributed by atoms with Crippen LogP contribution in [-0.4, -0.2) is 34.5 Å². The molecule has 0 saturated heterocycles. The number of carbonyl (C=O) groups excluding carboxylic acids is 1. The van der Waals surface area contributed by atoms with Gasteiger partial charge < -0.3 is 14.9 Å². The van der Waals surface area contributed by atoms with Crippen molar-refractivity contribution in [3.8, 4) is 0 Å². The van der Waals surface area contributed by atoms with Crippen molar-refractivity contribution in [2.24, 2.45) is 11.8 Å². The highest BCUT2D eigenvalue weighted by molar-refractivity contribution is 5.82. The van der Waals surface area contributed by atoms with Gasteiger partial charge in [0.15, 0.2) is 0 Å². The van der Waals surface area contributed by atoms with Gasteiger partial charge in [0.25, 0.3) is 0 Å². The van der Waals surface area contributed by atoms with Crippen LogP contribution in [0.5, 0.6) is 0 Å². The molecule has 5 atom stereocenters. The van der Waals surface area contributed by atoms with Crippen LogP contribution in [0.2, 0.25) is 0 Å². The predicted octanol–water partition coefficient (Wildman–Crippen LogP) is 2.35. The summed E-state index contributed by atoms with van der Waals surface area (Å²) in [6, 6.07) is 0. The molecule has 0 aromatic carbocycles. The molecule has 1 heterocycles. The molecule has 2 rings (SSSR count). The number of hydrogen-bond acceptors (Lipinski definition) is 4. The number of esters is 1. The quantitative estimate of drug-likeness (QED) is 0.531. The third-order valence-electron chi connectivity index (χ3n) is 4.64. The molecule has 2 N–H and O–H groups in total. The Balaban J connectivity index is 2.19. The number of rotatable bonds is 0. The zero-order valence-electron chi connectivity index (χ0n) is 12.9. The first-order chi connectivity index (χ1) is 9.97. The molecule has 1 aliphatic heterocycles. The smallest absolute Gasteiger partial charge is 0.330 e. The van der Waals surface area contributed by atoms with Gasteiger partial charge in [-0.1, -0.05) is 11.6 Å². The van der Waals surface area contributed by atoms with Gasteiger partial charge in [0, 0.05) is 6.08 Å². The Labute approximate surface area is 126 Å². The average Bonchev–Trinajstić information content (AvgIpc) is 2.82. The van der Waals surface area contributed by atoms with Gasteiger partial charge >= 0.3 is 5.97 Å². The van der Waals surface area contributed by atoms with Gasteiger partial charge in [0.05, 0.1) is 18.3 Å². The lowest BCUT2D eigenvalue weighted by molar-refractivity contribution is -0.142. The van der Waals surface area contributed by atoms with E-state index in [9.17, 15) is 15.0 Å². The second kappa shape index (κ2) is 7.23. The van der Waals surface area contributed by atoms with Gasteiger partial charge in [-0.15, -0.1) is 0 Å². The van der Waals surface area contributed by atoms with E-state index in [1.807, 2.05) is 6.92 Å². The summed E-state index contributed by atoms with van der Waals surface area (Å²) in [5.41, 5.74) is 1.24. The van der Waals surface area contributed by atoms with Crippen LogP contribution in [0.3, 0.4) is 0 Å². The molecule has 4 heteroatoms. The van der Waals surface area contributed by atoms with Crippen molar-refractivity contribution < 1.29 is 19.7 Å². The lowest BCUT2D eigenvalue weighted by atomic mass is 9.85. The van der Waals surface area contributed by atoms with Gasteiger partial charge in [-0.05, 0) is 63.9 Å². The lowest BCUT2D eigenvalue weighted by Gasteiger charge is -2.23. The zero-order chi connectivity index (χ0) is 15.4. The lowest BCUT2D eigenvalue weighted by Crippen LogP contribution is -2.23. The van der Waals surface area contributed by atoms with Crippen molar-refractivity contribution in [2.45, 2.75) is 64.3 Å². The Kier molecular flexibility index (Phi) is 5.59. The summed E-state index contributed by atoms with van der Waals surface area (Å²) in [6.45, 7) is 3.97. The van der Waals surface area contributed by atoms with Crippen molar-refractivity contribution in [2.75, 3.05) is 0 Å². The van der Waals surface area contributed by atoms with Crippen molar-refractivity contribution in [3.63, 3.8) is 0 Å². The Morgan fingerprint density at radius 2 is 2.05 bits per heavy atom. The minimum atomic E-state index is -0.723. The van der Waals surface area contributed by atoms with E-state index in [4.69, 9.17) is 4.74 Å². The Bertz CT molecular complexity index is 427. The molecule has 118 valence electrons. The van der Waals surface area contributed by atoms with E-state index in [1.54, 1.807) is 0 Å². The predicted molar refractivity (Wildman–Crippen MR) is 80.5 cm³/mol. The number of ether oxygens (including phenoxy) is 1. The second-order valence-electron chi connectivity index (χ2n) is 6.37. The SMILES string of the molecule is CC1=CCCC[C@H](C)OC(=O)/C=C/[C@@H](O)[C@@H]2C[C@@H](O)C[C@@H]12. The molecule has 0 spiro atoms. The molecule has 0 radical (unpaired) electrons. The molecular formula is C17H26O4. The van der Waals surface area contributed by atoms with E-state index in [0.29, 0.717) is 12.8 Å². The van der Waals surface area contributed by atoms with Crippen LogP contribution in [0, 0.1) is 11.8 Å². The molecule has 1 fully saturated rings. The first-order valence-electron chi connectivity index (χ1n) is 7.89. The molecular weight excluding hydrogens is 268 g/mol. The van der Waals surface area contributed by atoms with Crippen molar-refractivity contribution >= 4 is 5.97 Å². The van der Waals surface area contributed by atoms with Crippen LogP contribution in [0.4, 0.5) is 0 Å². The topological polar surface area (TPSA) is 66.8 Å². The first-order valence-corrected chi connectivity index (χ1v) is 7.89. The van der Waals surface area contributed by atoms with Crippen molar-refractivity contribution in [1.82, 2.24) is 0 Å². The van der Waals surface area contributed by atoms with Crippen LogP contribution in [-0.2, 0) is 9.53 Å². The highest BCUT2D eigenvalue weighted by atomic mass is 16.5. The number of aliphatic hydroxyl groups is 2. The number of hydrogen-bond donors (Lipinski definition) is 2. The maximum atomic E-state index is 11.7. The number of allylic oxidation sites excluding steroid dienone is 2. The van der Waals surface area contributed by atoms with E-state index >= 15 is 0 Å². The van der Waals surface area contributed by atoms with Crippen LogP contribution < -0.4 is 0 Å². The van der Waals surface area contributed by atoms with Gasteiger partial charge in [-0.25, -0.2) is 4.79 Å². The Morgan fingerprint density at radius 1 is 1.29 bits per heavy atom. The van der Waals surface area contributed by atoms with Crippen molar-refractivity contribution in [3.05, 3.63) is 23.8 Å². The molecule has 4 nitrogen and oxygen atoms in total. The highest BCUT2D eigenvalue weighted by Crippen LogP contribution is 2.39. The van der Waals surface area contributed by atoms with Crippen LogP contribution in [0.25, 0.3) is 0 Å². The maximum absolute atomic E-state index is 11.7. The Morgan fingerprint density at radius 3 is 2.81 bits per heavy atom. The molecule has 0 aromatic rings. The third-order valence-corrected chi connectivity index (χ3v) is 4.64. The first kappa shape index (κ1) is 16.2. The zero-order valence-corrected chi connectivity index (χ0v) is 12.9. The average molecular weight is 294 g/mol. The van der Waals surface area contributed by atoms with Crippen LogP contribution in [0.15, 0.2) is 23.8 Å². The van der Waals surface area contributed by atoms with Gasteiger partial charge in [0.2, 0.25) is 0 Å². The van der Waals surface area contributed by atoms with Crippen LogP contribution >= 0.6 is 0 Å². The largest absolute Gasteiger partial charge is 0.460 e. The Hall–Kier alpha value is -1.13. The van der Waals surface area contributed by atoms with E-state index in [-0.39, 0.29) is 24.0 Å². The minimum Gasteiger partial charge on any atom is -0.460 e. The molecule has 0 unspecified atom stereocenters. The summed E-state index contributed by atoms with van der Waals surface area (Å²) in [5.74, 6) is -0.243. The van der Waals surface area contributed by atoms with E-state index in [0.717, 1.165) is 19.3 Å². The summed E-state index contributed by atoms with van der Waals surface area (Å²) in [6.07, 6.45) is 7.86. The normalized spacial score (nSPS) is 40.1. The highest BCUT2D eigenvalue weighted by Gasteiger charge is 2.37. The molecule has 1 aliphatic carbocycles. The molecule has 2 aliphatic rings. The monoisotopic (exact) mass is 294 g/mol. The number of cyclic esters (lactones) is 1. The molecule has 1 saturated carbocycles. The number of carbonyl (C=O) groups is 1. The summed E-state index contributed by atoms with van der Waals surface area (Å²) in [4.78, 5) is 11.7. The summed E-state index contributed by atoms with van der Waals surface area (Å²) >= 11 is 0. The number of aliphatic hydroxyl groups excluding tert-OH is 2. The van der Waals surface area contributed by atoms with E-state index in [2.05, 4.69) is 13.0 Å². The summed E-state index contributed by atoms with van der Waals surface area (Å²) in [7, 11) is 0. The van der Waals surface area contributed by atoms with Crippen molar-refractivity contribution in [1.29, 1.82) is 0 Å². The molecule has 0 amide bonds. The minimum absolute atomic E-state index is 0.0292. The summed E-state index contributed by atoms with van der Waals surface area (Å²) in [5, 5.41) is 20.2. The maximum Gasteiger partial charge on any atom is 0.330 e. The van der Waals surface area contributed by atoms with E-state index in [1.165, 1.54) is 17.7 Å². The fraction of sp³-hybridized carbons (Fsp3) is 0.706. The van der Waals surface area contributed by atoms with Gasteiger partial charge in [-0.2, -0.15) is 0 Å². The second-order valence-corrected chi connectivity index (χ2v) is 6.37. The molecule has 0 bridgehead atoms. The standard InChI is InChI=1S/C17H26O4/c1-11-5-3-4-6-12(2)21-17(20)8-7-16(19)15-10-13(18)9-14(11)15/h5,7-8,12-16,18-19H,3-4,6,9-10H2,1-2H3/b8-7+,11-5?/t12-,13-,14-,15+,16+/m0/s1. The van der Waals surface area contributed by atoms with Crippen LogP contribution in [0.1, 0.15) is 46.0 Å². The van der Waals surface area contributed by atoms with Gasteiger partial charge in [0.1, 0.15) is 0 Å². The fourth-order valence-electron chi connectivity index (χ4n) is 3.45. The molecule has 21 heavy (non-hydrogen) atoms. The van der Waals surface area contributed by atoms with E-state index < -0.39 is 12.1 Å². The summed E-state index contributed by atoms with van der Waals surface area (Å²) < 4.78 is 5.26.